The van der Waals surface area contributed by atoms with Crippen molar-refractivity contribution in [2.24, 2.45) is 17.8 Å². The monoisotopic (exact) mass is 355 g/mol. The molecule has 3 amide bonds. The van der Waals surface area contributed by atoms with Gasteiger partial charge in [-0.05, 0) is 54.9 Å². The number of hydrogen-bond acceptors (Lipinski definition) is 3. The third-order valence-electron chi connectivity index (χ3n) is 5.64. The van der Waals surface area contributed by atoms with Crippen molar-refractivity contribution in [2.75, 3.05) is 38.2 Å². The standard InChI is InChI=1S/C20H25N3O3/c24-19(21-13-17-12-14-1-2-16(17)11-14)15-3-5-18(6-4-15)22-20(25)23-7-9-26-10-8-23/h1-6,14,16-17H,7-13H2,(H,21,24)(H,22,25)/t14-,16+,17+/m1/s1. The molecule has 1 saturated carbocycles. The number of nitrogens with zero attached hydrogens (tertiary/aromatic N) is 1. The van der Waals surface area contributed by atoms with E-state index in [9.17, 15) is 9.59 Å². The normalized spacial score (nSPS) is 26.8. The summed E-state index contributed by atoms with van der Waals surface area (Å²) >= 11 is 0. The van der Waals surface area contributed by atoms with Crippen LogP contribution >= 0.6 is 0 Å². The number of ether oxygens (including phenoxy) is 1. The molecule has 1 aliphatic heterocycles. The molecule has 1 heterocycles. The SMILES string of the molecule is O=C(NC[C@@H]1C[C@@H]2C=C[C@H]1C2)c1ccc(NC(=O)N2CCOCC2)cc1. The van der Waals surface area contributed by atoms with Gasteiger partial charge in [0, 0.05) is 30.9 Å². The van der Waals surface area contributed by atoms with Gasteiger partial charge in [0.15, 0.2) is 0 Å². The zero-order chi connectivity index (χ0) is 17.9. The lowest BCUT2D eigenvalue weighted by Gasteiger charge is -2.26. The van der Waals surface area contributed by atoms with E-state index in [1.54, 1.807) is 29.2 Å². The van der Waals surface area contributed by atoms with Crippen LogP contribution in [0.25, 0.3) is 0 Å². The van der Waals surface area contributed by atoms with E-state index >= 15 is 0 Å². The Morgan fingerprint density at radius 1 is 1.08 bits per heavy atom. The van der Waals surface area contributed by atoms with Crippen molar-refractivity contribution in [1.82, 2.24) is 10.2 Å². The number of hydrogen-bond donors (Lipinski definition) is 2. The van der Waals surface area contributed by atoms with Gasteiger partial charge < -0.3 is 20.3 Å². The fourth-order valence-corrected chi connectivity index (χ4v) is 4.13. The third-order valence-corrected chi connectivity index (χ3v) is 5.64. The molecule has 1 aromatic carbocycles. The number of benzene rings is 1. The fraction of sp³-hybridized carbons (Fsp3) is 0.500. The number of amides is 3. The summed E-state index contributed by atoms with van der Waals surface area (Å²) in [6.45, 7) is 3.09. The van der Waals surface area contributed by atoms with Crippen molar-refractivity contribution in [2.45, 2.75) is 12.8 Å². The lowest BCUT2D eigenvalue weighted by molar-refractivity contribution is 0.0564. The predicted octanol–water partition coefficient (Wildman–Crippen LogP) is 2.49. The summed E-state index contributed by atoms with van der Waals surface area (Å²) in [4.78, 5) is 26.3. The molecule has 4 rings (SSSR count). The minimum Gasteiger partial charge on any atom is -0.378 e. The lowest BCUT2D eigenvalue weighted by atomic mass is 9.93. The van der Waals surface area contributed by atoms with Gasteiger partial charge in [-0.2, -0.15) is 0 Å². The van der Waals surface area contributed by atoms with Gasteiger partial charge in [-0.15, -0.1) is 0 Å². The van der Waals surface area contributed by atoms with E-state index in [0.29, 0.717) is 49.4 Å². The highest BCUT2D eigenvalue weighted by Gasteiger charge is 2.35. The molecule has 26 heavy (non-hydrogen) atoms. The first kappa shape index (κ1) is 17.1. The molecule has 0 radical (unpaired) electrons. The van der Waals surface area contributed by atoms with Crippen LogP contribution in [0.1, 0.15) is 23.2 Å². The molecule has 138 valence electrons. The van der Waals surface area contributed by atoms with E-state index < -0.39 is 0 Å². The van der Waals surface area contributed by atoms with Gasteiger partial charge in [0.1, 0.15) is 0 Å². The molecular formula is C20H25N3O3. The highest BCUT2D eigenvalue weighted by Crippen LogP contribution is 2.42. The van der Waals surface area contributed by atoms with E-state index in [0.717, 1.165) is 12.5 Å². The lowest BCUT2D eigenvalue weighted by Crippen LogP contribution is -2.43. The number of nitrogens with one attached hydrogen (secondary N) is 2. The number of rotatable bonds is 4. The van der Waals surface area contributed by atoms with Crippen LogP contribution in [0.3, 0.4) is 0 Å². The first-order valence-corrected chi connectivity index (χ1v) is 9.39. The summed E-state index contributed by atoms with van der Waals surface area (Å²) in [5.74, 6) is 1.87. The van der Waals surface area contributed by atoms with Gasteiger partial charge in [-0.25, -0.2) is 4.79 Å². The number of carbonyl (C=O) groups is 2. The maximum atomic E-state index is 12.3. The molecule has 0 aromatic heterocycles. The van der Waals surface area contributed by atoms with Crippen molar-refractivity contribution in [3.05, 3.63) is 42.0 Å². The van der Waals surface area contributed by atoms with Crippen molar-refractivity contribution in [3.8, 4) is 0 Å². The minimum absolute atomic E-state index is 0.0530. The van der Waals surface area contributed by atoms with Gasteiger partial charge in [0.2, 0.25) is 0 Å². The van der Waals surface area contributed by atoms with Crippen molar-refractivity contribution in [3.63, 3.8) is 0 Å². The van der Waals surface area contributed by atoms with E-state index in [1.807, 2.05) is 0 Å². The van der Waals surface area contributed by atoms with Gasteiger partial charge >= 0.3 is 6.03 Å². The molecular weight excluding hydrogens is 330 g/mol. The quantitative estimate of drug-likeness (QED) is 0.815. The molecule has 2 bridgehead atoms. The molecule has 3 atom stereocenters. The summed E-state index contributed by atoms with van der Waals surface area (Å²) in [7, 11) is 0. The fourth-order valence-electron chi connectivity index (χ4n) is 4.13. The van der Waals surface area contributed by atoms with Crippen LogP contribution in [0.5, 0.6) is 0 Å². The molecule has 2 aliphatic carbocycles. The van der Waals surface area contributed by atoms with Crippen molar-refractivity contribution in [1.29, 1.82) is 0 Å². The first-order valence-electron chi connectivity index (χ1n) is 9.39. The Labute approximate surface area is 153 Å². The number of anilines is 1. The Bertz CT molecular complexity index is 695. The Balaban J connectivity index is 1.27. The number of morpholine rings is 1. The summed E-state index contributed by atoms with van der Waals surface area (Å²) < 4.78 is 5.25. The second kappa shape index (κ2) is 7.50. The summed E-state index contributed by atoms with van der Waals surface area (Å²) in [5.41, 5.74) is 1.31. The van der Waals surface area contributed by atoms with Gasteiger partial charge in [0.05, 0.1) is 13.2 Å². The maximum Gasteiger partial charge on any atom is 0.321 e. The van der Waals surface area contributed by atoms with Gasteiger partial charge in [0.25, 0.3) is 5.91 Å². The van der Waals surface area contributed by atoms with Gasteiger partial charge in [-0.3, -0.25) is 4.79 Å². The number of allylic oxidation sites excluding steroid dienone is 2. The number of urea groups is 1. The van der Waals surface area contributed by atoms with Crippen LogP contribution in [0.2, 0.25) is 0 Å². The zero-order valence-electron chi connectivity index (χ0n) is 14.8. The van der Waals surface area contributed by atoms with Gasteiger partial charge in [-0.1, -0.05) is 12.2 Å². The third kappa shape index (κ3) is 3.75. The average molecular weight is 355 g/mol. The van der Waals surface area contributed by atoms with E-state index in [4.69, 9.17) is 4.74 Å². The molecule has 0 spiro atoms. The summed E-state index contributed by atoms with van der Waals surface area (Å²) in [5, 5.41) is 5.92. The summed E-state index contributed by atoms with van der Waals surface area (Å²) in [6.07, 6.45) is 7.05. The molecule has 1 aromatic rings. The summed E-state index contributed by atoms with van der Waals surface area (Å²) in [6, 6.07) is 6.92. The van der Waals surface area contributed by atoms with Crippen LogP contribution in [-0.2, 0) is 4.74 Å². The second-order valence-corrected chi connectivity index (χ2v) is 7.36. The molecule has 6 nitrogen and oxygen atoms in total. The maximum absolute atomic E-state index is 12.3. The molecule has 2 N–H and O–H groups in total. The zero-order valence-corrected chi connectivity index (χ0v) is 14.8. The average Bonchev–Trinajstić information content (AvgIpc) is 3.30. The number of fused-ring (bicyclic) bond motifs is 2. The van der Waals surface area contributed by atoms with E-state index in [1.165, 1.54) is 12.8 Å². The molecule has 0 unspecified atom stereocenters. The van der Waals surface area contributed by atoms with Crippen LogP contribution < -0.4 is 10.6 Å². The van der Waals surface area contributed by atoms with Crippen LogP contribution in [-0.4, -0.2) is 49.7 Å². The molecule has 3 aliphatic rings. The van der Waals surface area contributed by atoms with Crippen molar-refractivity contribution < 1.29 is 14.3 Å². The Morgan fingerprint density at radius 3 is 2.50 bits per heavy atom. The highest BCUT2D eigenvalue weighted by molar-refractivity contribution is 5.95. The predicted molar refractivity (Wildman–Crippen MR) is 99.0 cm³/mol. The largest absolute Gasteiger partial charge is 0.378 e. The Morgan fingerprint density at radius 2 is 1.85 bits per heavy atom. The second-order valence-electron chi connectivity index (χ2n) is 7.36. The smallest absolute Gasteiger partial charge is 0.321 e. The van der Waals surface area contributed by atoms with Crippen LogP contribution in [0.15, 0.2) is 36.4 Å². The minimum atomic E-state index is -0.130. The Kier molecular flexibility index (Phi) is 4.93. The van der Waals surface area contributed by atoms with Crippen molar-refractivity contribution >= 4 is 17.6 Å². The van der Waals surface area contributed by atoms with Crippen LogP contribution in [0.4, 0.5) is 10.5 Å². The molecule has 6 heteroatoms. The Hall–Kier alpha value is -2.34. The van der Waals surface area contributed by atoms with E-state index in [2.05, 4.69) is 22.8 Å². The first-order chi connectivity index (χ1) is 12.7. The van der Waals surface area contributed by atoms with E-state index in [-0.39, 0.29) is 11.9 Å². The number of carbonyl (C=O) groups excluding carboxylic acids is 2. The molecule has 2 fully saturated rings. The van der Waals surface area contributed by atoms with Crippen LogP contribution in [0, 0.1) is 17.8 Å². The molecule has 1 saturated heterocycles. The topological polar surface area (TPSA) is 70.7 Å². The highest BCUT2D eigenvalue weighted by atomic mass is 16.5.